The molecule has 3 rings (SSSR count). The SMILES string of the molecule is Cn1cc(C2CC2c2cnc[nH]2)cn1. The Morgan fingerprint density at radius 2 is 2.36 bits per heavy atom. The average Bonchev–Trinajstić information content (AvgIpc) is 2.66. The zero-order valence-electron chi connectivity index (χ0n) is 8.01. The smallest absolute Gasteiger partial charge is 0.0921 e. The first-order valence-electron chi connectivity index (χ1n) is 4.81. The molecule has 1 aliphatic carbocycles. The highest BCUT2D eigenvalue weighted by Crippen LogP contribution is 2.53. The van der Waals surface area contributed by atoms with Crippen molar-refractivity contribution in [1.82, 2.24) is 19.7 Å². The summed E-state index contributed by atoms with van der Waals surface area (Å²) in [4.78, 5) is 7.21. The van der Waals surface area contributed by atoms with Crippen LogP contribution in [-0.4, -0.2) is 19.7 Å². The van der Waals surface area contributed by atoms with Crippen molar-refractivity contribution >= 4 is 0 Å². The van der Waals surface area contributed by atoms with Gasteiger partial charge in [0.25, 0.3) is 0 Å². The van der Waals surface area contributed by atoms with Crippen molar-refractivity contribution in [3.63, 3.8) is 0 Å². The third kappa shape index (κ3) is 1.14. The van der Waals surface area contributed by atoms with Gasteiger partial charge in [0.05, 0.1) is 12.5 Å². The van der Waals surface area contributed by atoms with Crippen LogP contribution in [0.3, 0.4) is 0 Å². The lowest BCUT2D eigenvalue weighted by Crippen LogP contribution is -1.85. The summed E-state index contributed by atoms with van der Waals surface area (Å²) >= 11 is 0. The van der Waals surface area contributed by atoms with Crippen molar-refractivity contribution in [2.75, 3.05) is 0 Å². The van der Waals surface area contributed by atoms with Crippen molar-refractivity contribution in [3.05, 3.63) is 36.2 Å². The fourth-order valence-electron chi connectivity index (χ4n) is 2.01. The van der Waals surface area contributed by atoms with Gasteiger partial charge in [-0.3, -0.25) is 4.68 Å². The molecular weight excluding hydrogens is 176 g/mol. The molecule has 1 N–H and O–H groups in total. The van der Waals surface area contributed by atoms with E-state index in [1.807, 2.05) is 24.1 Å². The number of imidazole rings is 1. The van der Waals surface area contributed by atoms with Crippen LogP contribution in [0, 0.1) is 0 Å². The molecule has 72 valence electrons. The molecule has 0 aromatic carbocycles. The fourth-order valence-corrected chi connectivity index (χ4v) is 2.01. The number of aromatic nitrogens is 4. The molecule has 0 bridgehead atoms. The fraction of sp³-hybridized carbons (Fsp3) is 0.400. The standard InChI is InChI=1S/C10H12N4/c1-14-5-7(3-13-14)8-2-9(8)10-4-11-6-12-10/h3-6,8-9H,2H2,1H3,(H,11,12). The average molecular weight is 188 g/mol. The molecule has 0 spiro atoms. The highest BCUT2D eigenvalue weighted by atomic mass is 15.2. The van der Waals surface area contributed by atoms with Crippen molar-refractivity contribution in [1.29, 1.82) is 0 Å². The van der Waals surface area contributed by atoms with Gasteiger partial charge in [-0.25, -0.2) is 4.98 Å². The first-order valence-corrected chi connectivity index (χ1v) is 4.81. The molecular formula is C10H12N4. The highest BCUT2D eigenvalue weighted by molar-refractivity contribution is 5.29. The minimum atomic E-state index is 0.627. The number of hydrogen-bond acceptors (Lipinski definition) is 2. The zero-order chi connectivity index (χ0) is 9.54. The summed E-state index contributed by atoms with van der Waals surface area (Å²) in [6.45, 7) is 0. The van der Waals surface area contributed by atoms with E-state index in [2.05, 4.69) is 21.3 Å². The van der Waals surface area contributed by atoms with Gasteiger partial charge in [-0.15, -0.1) is 0 Å². The van der Waals surface area contributed by atoms with Crippen LogP contribution in [-0.2, 0) is 7.05 Å². The molecule has 2 atom stereocenters. The zero-order valence-corrected chi connectivity index (χ0v) is 8.01. The maximum Gasteiger partial charge on any atom is 0.0921 e. The Balaban J connectivity index is 1.80. The van der Waals surface area contributed by atoms with Gasteiger partial charge in [-0.1, -0.05) is 0 Å². The second-order valence-electron chi connectivity index (χ2n) is 3.90. The molecule has 1 aliphatic rings. The molecule has 0 aliphatic heterocycles. The second-order valence-corrected chi connectivity index (χ2v) is 3.90. The minimum absolute atomic E-state index is 0.627. The van der Waals surface area contributed by atoms with E-state index >= 15 is 0 Å². The number of aryl methyl sites for hydroxylation is 1. The van der Waals surface area contributed by atoms with Crippen LogP contribution in [0.2, 0.25) is 0 Å². The van der Waals surface area contributed by atoms with Gasteiger partial charge in [0.15, 0.2) is 0 Å². The van der Waals surface area contributed by atoms with E-state index < -0.39 is 0 Å². The van der Waals surface area contributed by atoms with Crippen molar-refractivity contribution in [2.24, 2.45) is 7.05 Å². The molecule has 0 saturated heterocycles. The van der Waals surface area contributed by atoms with Gasteiger partial charge < -0.3 is 4.98 Å². The van der Waals surface area contributed by atoms with Gasteiger partial charge in [-0.2, -0.15) is 5.10 Å². The molecule has 2 aromatic heterocycles. The largest absolute Gasteiger partial charge is 0.348 e. The predicted molar refractivity (Wildman–Crippen MR) is 51.9 cm³/mol. The lowest BCUT2D eigenvalue weighted by atomic mass is 10.2. The van der Waals surface area contributed by atoms with Crippen LogP contribution in [0.5, 0.6) is 0 Å². The Morgan fingerprint density at radius 3 is 3.00 bits per heavy atom. The second kappa shape index (κ2) is 2.70. The molecule has 4 nitrogen and oxygen atoms in total. The quantitative estimate of drug-likeness (QED) is 0.774. The van der Waals surface area contributed by atoms with Crippen molar-refractivity contribution < 1.29 is 0 Å². The topological polar surface area (TPSA) is 46.5 Å². The predicted octanol–water partition coefficient (Wildman–Crippen LogP) is 1.41. The first kappa shape index (κ1) is 7.79. The maximum atomic E-state index is 4.18. The van der Waals surface area contributed by atoms with E-state index in [0.29, 0.717) is 11.8 Å². The Morgan fingerprint density at radius 1 is 1.43 bits per heavy atom. The molecule has 14 heavy (non-hydrogen) atoms. The van der Waals surface area contributed by atoms with Crippen molar-refractivity contribution in [2.45, 2.75) is 18.3 Å². The first-order chi connectivity index (χ1) is 6.84. The number of rotatable bonds is 2. The van der Waals surface area contributed by atoms with Crippen LogP contribution < -0.4 is 0 Å². The summed E-state index contributed by atoms with van der Waals surface area (Å²) in [5.41, 5.74) is 2.59. The normalized spacial score (nSPS) is 25.2. The number of aromatic amines is 1. The number of nitrogens with one attached hydrogen (secondary N) is 1. The number of H-pyrrole nitrogens is 1. The van der Waals surface area contributed by atoms with E-state index in [1.54, 1.807) is 6.33 Å². The molecule has 2 unspecified atom stereocenters. The highest BCUT2D eigenvalue weighted by Gasteiger charge is 2.41. The summed E-state index contributed by atoms with van der Waals surface area (Å²) in [5.74, 6) is 1.27. The van der Waals surface area contributed by atoms with Gasteiger partial charge in [0, 0.05) is 31.1 Å². The number of nitrogens with zero attached hydrogens (tertiary/aromatic N) is 3. The van der Waals surface area contributed by atoms with Gasteiger partial charge in [0.2, 0.25) is 0 Å². The van der Waals surface area contributed by atoms with E-state index in [9.17, 15) is 0 Å². The van der Waals surface area contributed by atoms with E-state index in [-0.39, 0.29) is 0 Å². The Bertz CT molecular complexity index is 429. The Labute approximate surface area is 82.0 Å². The minimum Gasteiger partial charge on any atom is -0.348 e. The van der Waals surface area contributed by atoms with Crippen LogP contribution in [0.4, 0.5) is 0 Å². The van der Waals surface area contributed by atoms with E-state index in [4.69, 9.17) is 0 Å². The lowest BCUT2D eigenvalue weighted by molar-refractivity contribution is 0.766. The summed E-state index contributed by atoms with van der Waals surface area (Å²) in [7, 11) is 1.96. The van der Waals surface area contributed by atoms with Crippen LogP contribution in [0.1, 0.15) is 29.5 Å². The molecule has 2 aromatic rings. The summed E-state index contributed by atoms with van der Waals surface area (Å²) < 4.78 is 1.86. The maximum absolute atomic E-state index is 4.18. The van der Waals surface area contributed by atoms with Crippen LogP contribution >= 0.6 is 0 Å². The molecule has 4 heteroatoms. The van der Waals surface area contributed by atoms with Crippen molar-refractivity contribution in [3.8, 4) is 0 Å². The Hall–Kier alpha value is -1.58. The summed E-state index contributed by atoms with van der Waals surface area (Å²) in [6, 6.07) is 0. The van der Waals surface area contributed by atoms with E-state index in [1.165, 1.54) is 17.7 Å². The lowest BCUT2D eigenvalue weighted by Gasteiger charge is -1.92. The van der Waals surface area contributed by atoms with E-state index in [0.717, 1.165) is 0 Å². The summed E-state index contributed by atoms with van der Waals surface area (Å²) in [6.07, 6.45) is 8.94. The van der Waals surface area contributed by atoms with Gasteiger partial charge in [-0.05, 0) is 17.9 Å². The third-order valence-electron chi connectivity index (χ3n) is 2.86. The van der Waals surface area contributed by atoms with Gasteiger partial charge >= 0.3 is 0 Å². The van der Waals surface area contributed by atoms with Crippen LogP contribution in [0.15, 0.2) is 24.9 Å². The molecule has 1 fully saturated rings. The molecule has 2 heterocycles. The third-order valence-corrected chi connectivity index (χ3v) is 2.86. The van der Waals surface area contributed by atoms with Crippen LogP contribution in [0.25, 0.3) is 0 Å². The Kier molecular flexibility index (Phi) is 1.50. The van der Waals surface area contributed by atoms with Gasteiger partial charge in [0.1, 0.15) is 0 Å². The molecule has 1 saturated carbocycles. The summed E-state index contributed by atoms with van der Waals surface area (Å²) in [5, 5.41) is 4.18. The monoisotopic (exact) mass is 188 g/mol. The number of hydrogen-bond donors (Lipinski definition) is 1. The molecule has 0 radical (unpaired) electrons. The molecule has 0 amide bonds.